The first-order chi connectivity index (χ1) is 18.7. The standard InChI is InChI=1S/C27H31N5O7/c1-15-17-7-5-16(6-8-17)12-20(27(38)39-2)30-22(34)14-29-25(36)21-4-3-11-32(21)26(37)23(15)31-24(35)19-10-9-18(33)13-28-19/h5-10,13,15,20-21,23,33H,3-4,11-12,14H2,1-2H3,(H,29,36)(H,30,34)(H,31,35)/t15-,20-,21-,23-/m0/s1. The van der Waals surface area contributed by atoms with Crippen LogP contribution in [0.5, 0.6) is 5.75 Å². The van der Waals surface area contributed by atoms with E-state index in [-0.39, 0.29) is 24.4 Å². The van der Waals surface area contributed by atoms with Crippen LogP contribution in [0.25, 0.3) is 0 Å². The maximum Gasteiger partial charge on any atom is 0.328 e. The van der Waals surface area contributed by atoms with Gasteiger partial charge in [0.2, 0.25) is 17.7 Å². The van der Waals surface area contributed by atoms with E-state index in [4.69, 9.17) is 4.74 Å². The molecule has 12 heteroatoms. The van der Waals surface area contributed by atoms with Crippen molar-refractivity contribution in [1.82, 2.24) is 25.8 Å². The quantitative estimate of drug-likeness (QED) is 0.397. The molecule has 0 aliphatic carbocycles. The van der Waals surface area contributed by atoms with Crippen molar-refractivity contribution in [1.29, 1.82) is 0 Å². The van der Waals surface area contributed by atoms with E-state index in [0.717, 1.165) is 17.3 Å². The Kier molecular flexibility index (Phi) is 8.43. The number of esters is 1. The zero-order valence-electron chi connectivity index (χ0n) is 21.7. The van der Waals surface area contributed by atoms with Gasteiger partial charge in [0.1, 0.15) is 29.6 Å². The Hall–Kier alpha value is -4.48. The number of nitrogens with one attached hydrogen (secondary N) is 3. The normalized spacial score (nSPS) is 23.9. The molecule has 1 aromatic heterocycles. The monoisotopic (exact) mass is 537 g/mol. The molecule has 1 aromatic carbocycles. The summed E-state index contributed by atoms with van der Waals surface area (Å²) in [5, 5.41) is 17.4. The molecule has 4 amide bonds. The van der Waals surface area contributed by atoms with Gasteiger partial charge in [0, 0.05) is 18.9 Å². The number of pyridine rings is 1. The number of hydrogen-bond donors (Lipinski definition) is 4. The van der Waals surface area contributed by atoms with E-state index in [2.05, 4.69) is 20.9 Å². The van der Waals surface area contributed by atoms with Crippen LogP contribution < -0.4 is 16.0 Å². The molecule has 39 heavy (non-hydrogen) atoms. The van der Waals surface area contributed by atoms with Crippen LogP contribution >= 0.6 is 0 Å². The van der Waals surface area contributed by atoms with E-state index in [9.17, 15) is 29.1 Å². The first kappa shape index (κ1) is 27.6. The van der Waals surface area contributed by atoms with E-state index in [1.807, 2.05) is 0 Å². The molecule has 4 N–H and O–H groups in total. The zero-order chi connectivity index (χ0) is 28.1. The molecule has 12 nitrogen and oxygen atoms in total. The van der Waals surface area contributed by atoms with Crippen molar-refractivity contribution < 1.29 is 33.8 Å². The number of hydrogen-bond acceptors (Lipinski definition) is 8. The summed E-state index contributed by atoms with van der Waals surface area (Å²) in [4.78, 5) is 70.2. The van der Waals surface area contributed by atoms with Gasteiger partial charge < -0.3 is 30.7 Å². The lowest BCUT2D eigenvalue weighted by atomic mass is 9.90. The smallest absolute Gasteiger partial charge is 0.328 e. The molecule has 2 aromatic rings. The number of aromatic hydroxyl groups is 1. The highest BCUT2D eigenvalue weighted by atomic mass is 16.5. The van der Waals surface area contributed by atoms with Crippen molar-refractivity contribution in [3.8, 4) is 5.75 Å². The largest absolute Gasteiger partial charge is 0.506 e. The Balaban J connectivity index is 1.69. The molecule has 4 atom stereocenters. The SMILES string of the molecule is COC(=O)[C@@H]1Cc2ccc(cc2)[C@H](C)[C@H](NC(=O)c2ccc(O)cn2)C(=O)N2CCC[C@H]2C(=O)NCC(=O)N1. The van der Waals surface area contributed by atoms with Crippen LogP contribution in [-0.2, 0) is 30.3 Å². The average molecular weight is 538 g/mol. The number of ether oxygens (including phenoxy) is 1. The Morgan fingerprint density at radius 2 is 1.87 bits per heavy atom. The van der Waals surface area contributed by atoms with Gasteiger partial charge >= 0.3 is 5.97 Å². The number of methoxy groups -OCH3 is 1. The molecule has 1 saturated heterocycles. The summed E-state index contributed by atoms with van der Waals surface area (Å²) in [6.07, 6.45) is 2.26. The van der Waals surface area contributed by atoms with Crippen molar-refractivity contribution in [2.24, 2.45) is 0 Å². The van der Waals surface area contributed by atoms with Gasteiger partial charge in [-0.3, -0.25) is 19.2 Å². The molecule has 4 heterocycles. The fraction of sp³-hybridized carbons (Fsp3) is 0.407. The van der Waals surface area contributed by atoms with Gasteiger partial charge in [0.15, 0.2) is 0 Å². The predicted octanol–water partition coefficient (Wildman–Crippen LogP) is 0.0104. The number of carbonyl (C=O) groups excluding carboxylic acids is 5. The van der Waals surface area contributed by atoms with E-state index >= 15 is 0 Å². The Morgan fingerprint density at radius 1 is 1.13 bits per heavy atom. The second-order valence-corrected chi connectivity index (χ2v) is 9.64. The summed E-state index contributed by atoms with van der Waals surface area (Å²) in [7, 11) is 1.23. The van der Waals surface area contributed by atoms with Crippen molar-refractivity contribution in [3.63, 3.8) is 0 Å². The molecule has 0 spiro atoms. The summed E-state index contributed by atoms with van der Waals surface area (Å²) in [5.74, 6) is -3.33. The second kappa shape index (κ2) is 11.9. The minimum absolute atomic E-state index is 0.0193. The van der Waals surface area contributed by atoms with Crippen molar-refractivity contribution in [2.75, 3.05) is 20.2 Å². The van der Waals surface area contributed by atoms with Gasteiger partial charge in [0.05, 0.1) is 19.9 Å². The van der Waals surface area contributed by atoms with Crippen LogP contribution in [0.15, 0.2) is 42.6 Å². The highest BCUT2D eigenvalue weighted by Gasteiger charge is 2.40. The lowest BCUT2D eigenvalue weighted by Crippen LogP contribution is -2.56. The molecule has 5 rings (SSSR count). The fourth-order valence-corrected chi connectivity index (χ4v) is 4.87. The molecule has 0 radical (unpaired) electrons. The molecule has 0 unspecified atom stereocenters. The van der Waals surface area contributed by atoms with Crippen LogP contribution in [0.1, 0.15) is 47.3 Å². The summed E-state index contributed by atoms with van der Waals surface area (Å²) in [5.41, 5.74) is 1.49. The molecule has 3 aliphatic heterocycles. The lowest BCUT2D eigenvalue weighted by molar-refractivity contribution is -0.145. The molecule has 1 fully saturated rings. The fourth-order valence-electron chi connectivity index (χ4n) is 4.87. The maximum atomic E-state index is 13.9. The van der Waals surface area contributed by atoms with Gasteiger partial charge in [-0.05, 0) is 36.1 Å². The maximum absolute atomic E-state index is 13.9. The number of amides is 4. The second-order valence-electron chi connectivity index (χ2n) is 9.64. The summed E-state index contributed by atoms with van der Waals surface area (Å²) in [6, 6.07) is 7.01. The highest BCUT2D eigenvalue weighted by molar-refractivity contribution is 5.98. The number of benzene rings is 1. The number of nitrogens with zero attached hydrogens (tertiary/aromatic N) is 2. The van der Waals surface area contributed by atoms with E-state index < -0.39 is 53.6 Å². The summed E-state index contributed by atoms with van der Waals surface area (Å²) >= 11 is 0. The van der Waals surface area contributed by atoms with Gasteiger partial charge in [-0.2, -0.15) is 0 Å². The van der Waals surface area contributed by atoms with Crippen LogP contribution in [-0.4, -0.2) is 82.9 Å². The van der Waals surface area contributed by atoms with Gasteiger partial charge in [-0.15, -0.1) is 0 Å². The Labute approximate surface area is 225 Å². The van der Waals surface area contributed by atoms with Gasteiger partial charge in [-0.1, -0.05) is 31.2 Å². The molecule has 0 saturated carbocycles. The lowest BCUT2D eigenvalue weighted by Gasteiger charge is -2.32. The van der Waals surface area contributed by atoms with Gasteiger partial charge in [0.25, 0.3) is 5.91 Å². The van der Waals surface area contributed by atoms with Crippen molar-refractivity contribution >= 4 is 29.6 Å². The van der Waals surface area contributed by atoms with E-state index in [1.165, 1.54) is 24.1 Å². The zero-order valence-corrected chi connectivity index (χ0v) is 21.7. The summed E-state index contributed by atoms with van der Waals surface area (Å²) < 4.78 is 4.84. The molecule has 3 aliphatic rings. The topological polar surface area (TPSA) is 167 Å². The molecular weight excluding hydrogens is 506 g/mol. The van der Waals surface area contributed by atoms with Crippen LogP contribution in [0, 0.1) is 0 Å². The number of rotatable bonds is 3. The molecule has 206 valence electrons. The van der Waals surface area contributed by atoms with Crippen molar-refractivity contribution in [2.45, 2.75) is 50.2 Å². The first-order valence-corrected chi connectivity index (χ1v) is 12.7. The highest BCUT2D eigenvalue weighted by Crippen LogP contribution is 2.26. The van der Waals surface area contributed by atoms with Crippen LogP contribution in [0.2, 0.25) is 0 Å². The first-order valence-electron chi connectivity index (χ1n) is 12.7. The third kappa shape index (κ3) is 6.33. The Bertz CT molecular complexity index is 1250. The van der Waals surface area contributed by atoms with Crippen LogP contribution in [0.3, 0.4) is 0 Å². The number of aromatic nitrogens is 1. The number of carbonyl (C=O) groups is 5. The van der Waals surface area contributed by atoms with E-state index in [1.54, 1.807) is 31.2 Å². The average Bonchev–Trinajstić information content (AvgIpc) is 3.43. The minimum atomic E-state index is -1.04. The minimum Gasteiger partial charge on any atom is -0.506 e. The van der Waals surface area contributed by atoms with Gasteiger partial charge in [-0.25, -0.2) is 9.78 Å². The third-order valence-electron chi connectivity index (χ3n) is 7.06. The Morgan fingerprint density at radius 3 is 2.54 bits per heavy atom. The summed E-state index contributed by atoms with van der Waals surface area (Å²) in [6.45, 7) is 1.73. The van der Waals surface area contributed by atoms with Crippen molar-refractivity contribution in [3.05, 3.63) is 59.4 Å². The predicted molar refractivity (Wildman–Crippen MR) is 137 cm³/mol. The number of fused-ring (bicyclic) bond motifs is 10. The van der Waals surface area contributed by atoms with E-state index in [0.29, 0.717) is 19.4 Å². The third-order valence-corrected chi connectivity index (χ3v) is 7.06. The van der Waals surface area contributed by atoms with Crippen LogP contribution in [0.4, 0.5) is 0 Å². The molecular formula is C27H31N5O7. The molecule has 2 bridgehead atoms.